The Morgan fingerprint density at radius 1 is 1.42 bits per heavy atom. The van der Waals surface area contributed by atoms with E-state index >= 15 is 0 Å². The molecule has 0 amide bonds. The van der Waals surface area contributed by atoms with Gasteiger partial charge in [0.15, 0.2) is 0 Å². The molecule has 0 fully saturated rings. The third kappa shape index (κ3) is 3.65. The minimum absolute atomic E-state index is 0.0686. The molecular formula is C13H17NO4S. The molecule has 1 atom stereocenters. The molecular weight excluding hydrogens is 266 g/mol. The summed E-state index contributed by atoms with van der Waals surface area (Å²) in [6, 6.07) is 6.26. The van der Waals surface area contributed by atoms with Gasteiger partial charge >= 0.3 is 5.97 Å². The summed E-state index contributed by atoms with van der Waals surface area (Å²) in [4.78, 5) is 10.9. The minimum atomic E-state index is -3.66. The van der Waals surface area contributed by atoms with Gasteiger partial charge < -0.3 is 5.11 Å². The molecule has 0 aliphatic carbocycles. The van der Waals surface area contributed by atoms with Gasteiger partial charge in [0.25, 0.3) is 0 Å². The van der Waals surface area contributed by atoms with E-state index in [0.717, 1.165) is 9.87 Å². The highest BCUT2D eigenvalue weighted by Crippen LogP contribution is 2.16. The van der Waals surface area contributed by atoms with E-state index in [1.165, 1.54) is 26.1 Å². The Balaban J connectivity index is 2.95. The van der Waals surface area contributed by atoms with Crippen LogP contribution in [0.3, 0.4) is 0 Å². The van der Waals surface area contributed by atoms with Crippen LogP contribution in [-0.4, -0.2) is 37.4 Å². The average Bonchev–Trinajstić information content (AvgIpc) is 2.38. The van der Waals surface area contributed by atoms with Crippen molar-refractivity contribution < 1.29 is 18.3 Å². The van der Waals surface area contributed by atoms with Crippen LogP contribution in [-0.2, 0) is 14.8 Å². The standard InChI is InChI=1S/C13H17NO4S/c1-4-11-5-7-12(8-6-11)19(17,18)14(3)9-10(2)13(15)16/h4-8,10H,1,9H2,2-3H3,(H,15,16). The first kappa shape index (κ1) is 15.4. The molecule has 0 spiro atoms. The summed E-state index contributed by atoms with van der Waals surface area (Å²) in [6.07, 6.45) is 1.62. The van der Waals surface area contributed by atoms with E-state index in [4.69, 9.17) is 5.11 Å². The number of benzene rings is 1. The normalized spacial score (nSPS) is 13.2. The zero-order chi connectivity index (χ0) is 14.6. The molecule has 19 heavy (non-hydrogen) atoms. The van der Waals surface area contributed by atoms with E-state index in [0.29, 0.717) is 0 Å². The van der Waals surface area contributed by atoms with Crippen molar-refractivity contribution in [3.8, 4) is 0 Å². The largest absolute Gasteiger partial charge is 0.481 e. The molecule has 5 nitrogen and oxygen atoms in total. The van der Waals surface area contributed by atoms with Crippen LogP contribution in [0.15, 0.2) is 35.7 Å². The summed E-state index contributed by atoms with van der Waals surface area (Å²) in [5.41, 5.74) is 0.820. The molecule has 1 aromatic carbocycles. The van der Waals surface area contributed by atoms with Crippen LogP contribution in [0, 0.1) is 5.92 Å². The van der Waals surface area contributed by atoms with Gasteiger partial charge in [-0.15, -0.1) is 0 Å². The highest BCUT2D eigenvalue weighted by atomic mass is 32.2. The van der Waals surface area contributed by atoms with Crippen molar-refractivity contribution in [1.29, 1.82) is 0 Å². The van der Waals surface area contributed by atoms with Crippen molar-refractivity contribution >= 4 is 22.1 Å². The Kier molecular flexibility index (Phi) is 4.85. The fourth-order valence-electron chi connectivity index (χ4n) is 1.52. The Hall–Kier alpha value is -1.66. The van der Waals surface area contributed by atoms with Crippen molar-refractivity contribution in [2.45, 2.75) is 11.8 Å². The van der Waals surface area contributed by atoms with E-state index in [1.54, 1.807) is 18.2 Å². The lowest BCUT2D eigenvalue weighted by atomic mass is 10.2. The smallest absolute Gasteiger partial charge is 0.307 e. The number of hydrogen-bond acceptors (Lipinski definition) is 3. The molecule has 104 valence electrons. The van der Waals surface area contributed by atoms with Crippen molar-refractivity contribution in [3.05, 3.63) is 36.4 Å². The lowest BCUT2D eigenvalue weighted by Crippen LogP contribution is -2.33. The second kappa shape index (κ2) is 5.99. The Labute approximate surface area is 113 Å². The number of aliphatic carboxylic acids is 1. The van der Waals surface area contributed by atoms with Crippen molar-refractivity contribution in [2.24, 2.45) is 5.92 Å². The highest BCUT2D eigenvalue weighted by Gasteiger charge is 2.24. The molecule has 0 saturated heterocycles. The molecule has 6 heteroatoms. The number of rotatable bonds is 6. The van der Waals surface area contributed by atoms with Crippen molar-refractivity contribution in [1.82, 2.24) is 4.31 Å². The lowest BCUT2D eigenvalue weighted by Gasteiger charge is -2.19. The summed E-state index contributed by atoms with van der Waals surface area (Å²) < 4.78 is 25.4. The second-order valence-electron chi connectivity index (χ2n) is 4.30. The van der Waals surface area contributed by atoms with Crippen LogP contribution in [0.1, 0.15) is 12.5 Å². The average molecular weight is 283 g/mol. The Morgan fingerprint density at radius 2 is 1.95 bits per heavy atom. The molecule has 1 rings (SSSR count). The third-order valence-corrected chi connectivity index (χ3v) is 4.61. The van der Waals surface area contributed by atoms with Crippen LogP contribution in [0.4, 0.5) is 0 Å². The summed E-state index contributed by atoms with van der Waals surface area (Å²) in [7, 11) is -2.29. The summed E-state index contributed by atoms with van der Waals surface area (Å²) in [5, 5.41) is 8.80. The van der Waals surface area contributed by atoms with Gasteiger partial charge in [-0.2, -0.15) is 0 Å². The van der Waals surface area contributed by atoms with E-state index in [9.17, 15) is 13.2 Å². The third-order valence-electron chi connectivity index (χ3n) is 2.78. The molecule has 0 aliphatic rings. The molecule has 0 saturated carbocycles. The van der Waals surface area contributed by atoms with Gasteiger partial charge in [-0.1, -0.05) is 31.7 Å². The van der Waals surface area contributed by atoms with E-state index in [-0.39, 0.29) is 11.4 Å². The fraction of sp³-hybridized carbons (Fsp3) is 0.308. The monoisotopic (exact) mass is 283 g/mol. The molecule has 0 aliphatic heterocycles. The first-order valence-electron chi connectivity index (χ1n) is 5.70. The van der Waals surface area contributed by atoms with E-state index in [2.05, 4.69) is 6.58 Å². The number of hydrogen-bond donors (Lipinski definition) is 1. The Morgan fingerprint density at radius 3 is 2.37 bits per heavy atom. The zero-order valence-corrected chi connectivity index (χ0v) is 11.7. The van der Waals surface area contributed by atoms with Gasteiger partial charge in [0.05, 0.1) is 10.8 Å². The highest BCUT2D eigenvalue weighted by molar-refractivity contribution is 7.89. The van der Waals surface area contributed by atoms with Gasteiger partial charge in [0.2, 0.25) is 10.0 Å². The maximum Gasteiger partial charge on any atom is 0.307 e. The maximum atomic E-state index is 12.2. The maximum absolute atomic E-state index is 12.2. The topological polar surface area (TPSA) is 74.7 Å². The summed E-state index contributed by atoms with van der Waals surface area (Å²) in [6.45, 7) is 4.99. The number of nitrogens with zero attached hydrogens (tertiary/aromatic N) is 1. The van der Waals surface area contributed by atoms with Crippen LogP contribution in [0.5, 0.6) is 0 Å². The van der Waals surface area contributed by atoms with Gasteiger partial charge in [0.1, 0.15) is 0 Å². The quantitative estimate of drug-likeness (QED) is 0.861. The summed E-state index contributed by atoms with van der Waals surface area (Å²) >= 11 is 0. The Bertz CT molecular complexity index is 563. The van der Waals surface area contributed by atoms with Gasteiger partial charge in [-0.25, -0.2) is 12.7 Å². The van der Waals surface area contributed by atoms with Crippen molar-refractivity contribution in [3.63, 3.8) is 0 Å². The first-order valence-corrected chi connectivity index (χ1v) is 7.14. The predicted octanol–water partition coefficient (Wildman–Crippen LogP) is 1.67. The molecule has 1 N–H and O–H groups in total. The van der Waals surface area contributed by atoms with Crippen LogP contribution in [0.25, 0.3) is 6.08 Å². The second-order valence-corrected chi connectivity index (χ2v) is 6.34. The zero-order valence-electron chi connectivity index (χ0n) is 10.9. The van der Waals surface area contributed by atoms with Crippen LogP contribution in [0.2, 0.25) is 0 Å². The number of carboxylic acids is 1. The van der Waals surface area contributed by atoms with Gasteiger partial charge in [-0.3, -0.25) is 4.79 Å². The number of sulfonamides is 1. The van der Waals surface area contributed by atoms with Crippen LogP contribution >= 0.6 is 0 Å². The van der Waals surface area contributed by atoms with E-state index in [1.807, 2.05) is 0 Å². The fourth-order valence-corrected chi connectivity index (χ4v) is 2.78. The van der Waals surface area contributed by atoms with Gasteiger partial charge in [0, 0.05) is 13.6 Å². The summed E-state index contributed by atoms with van der Waals surface area (Å²) in [5.74, 6) is -1.78. The minimum Gasteiger partial charge on any atom is -0.481 e. The lowest BCUT2D eigenvalue weighted by molar-refractivity contribution is -0.141. The van der Waals surface area contributed by atoms with Crippen LogP contribution < -0.4 is 0 Å². The molecule has 0 bridgehead atoms. The first-order chi connectivity index (χ1) is 8.78. The molecule has 1 aromatic rings. The SMILES string of the molecule is C=Cc1ccc(S(=O)(=O)N(C)CC(C)C(=O)O)cc1. The van der Waals surface area contributed by atoms with Gasteiger partial charge in [-0.05, 0) is 17.7 Å². The number of carboxylic acid groups (broad SMARTS) is 1. The molecule has 0 radical (unpaired) electrons. The number of carbonyl (C=O) groups is 1. The van der Waals surface area contributed by atoms with E-state index < -0.39 is 21.9 Å². The predicted molar refractivity (Wildman–Crippen MR) is 73.1 cm³/mol. The molecule has 1 unspecified atom stereocenters. The molecule has 0 aromatic heterocycles. The van der Waals surface area contributed by atoms with Crippen molar-refractivity contribution in [2.75, 3.05) is 13.6 Å². The molecule has 0 heterocycles.